The molecule has 1 saturated heterocycles. The van der Waals surface area contributed by atoms with E-state index in [1.807, 2.05) is 6.92 Å². The predicted molar refractivity (Wildman–Crippen MR) is 125 cm³/mol. The highest BCUT2D eigenvalue weighted by Gasteiger charge is 2.28. The minimum Gasteiger partial charge on any atom is -0.491 e. The van der Waals surface area contributed by atoms with Crippen LogP contribution in [0.3, 0.4) is 0 Å². The Kier molecular flexibility index (Phi) is 7.93. The molecule has 0 bridgehead atoms. The topological polar surface area (TPSA) is 18.5 Å². The molecule has 0 N–H and O–H groups in total. The monoisotopic (exact) mass is 508 g/mol. The zero-order valence-electron chi connectivity index (χ0n) is 19.9. The predicted octanol–water partition coefficient (Wildman–Crippen LogP) is 8.32. The van der Waals surface area contributed by atoms with Gasteiger partial charge in [-0.2, -0.15) is 4.39 Å². The van der Waals surface area contributed by atoms with Gasteiger partial charge in [0.25, 0.3) is 0 Å². The molecule has 2 unspecified atom stereocenters. The van der Waals surface area contributed by atoms with Crippen molar-refractivity contribution in [2.75, 3.05) is 13.2 Å². The molecular weight excluding hydrogens is 482 g/mol. The average Bonchev–Trinajstić information content (AvgIpc) is 2.87. The van der Waals surface area contributed by atoms with Crippen LogP contribution in [-0.2, 0) is 4.74 Å². The molecule has 36 heavy (non-hydrogen) atoms. The first kappa shape index (κ1) is 26.1. The molecule has 1 aliphatic heterocycles. The molecular formula is C28H26F6O2. The van der Waals surface area contributed by atoms with E-state index in [9.17, 15) is 13.2 Å². The summed E-state index contributed by atoms with van der Waals surface area (Å²) < 4.78 is 99.6. The van der Waals surface area contributed by atoms with E-state index in [2.05, 4.69) is 0 Å². The van der Waals surface area contributed by atoms with Crippen LogP contribution < -0.4 is 4.74 Å². The van der Waals surface area contributed by atoms with E-state index in [0.717, 1.165) is 43.5 Å². The summed E-state index contributed by atoms with van der Waals surface area (Å²) in [5.41, 5.74) is -1.98. The second-order valence-corrected chi connectivity index (χ2v) is 8.81. The van der Waals surface area contributed by atoms with Crippen LogP contribution in [0.25, 0.3) is 22.3 Å². The van der Waals surface area contributed by atoms with Crippen molar-refractivity contribution in [3.8, 4) is 28.0 Å². The van der Waals surface area contributed by atoms with Gasteiger partial charge in [0.1, 0.15) is 0 Å². The molecule has 2 nitrogen and oxygen atoms in total. The molecule has 192 valence electrons. The Bertz CT molecular complexity index is 1250. The van der Waals surface area contributed by atoms with Gasteiger partial charge in [0.2, 0.25) is 5.82 Å². The molecule has 0 aromatic heterocycles. The van der Waals surface area contributed by atoms with Gasteiger partial charge in [-0.05, 0) is 43.9 Å². The first-order valence-electron chi connectivity index (χ1n) is 12.0. The van der Waals surface area contributed by atoms with E-state index in [1.165, 1.54) is 12.1 Å². The summed E-state index contributed by atoms with van der Waals surface area (Å²) in [7, 11) is 0. The lowest BCUT2D eigenvalue weighted by Crippen LogP contribution is -2.25. The number of rotatable bonds is 7. The Labute approximate surface area is 205 Å². The van der Waals surface area contributed by atoms with Crippen LogP contribution >= 0.6 is 0 Å². The van der Waals surface area contributed by atoms with Crippen LogP contribution in [0.4, 0.5) is 26.3 Å². The Morgan fingerprint density at radius 3 is 1.75 bits per heavy atom. The molecule has 3 aromatic carbocycles. The molecule has 0 amide bonds. The lowest BCUT2D eigenvalue weighted by atomic mass is 9.88. The molecule has 0 saturated carbocycles. The Morgan fingerprint density at radius 1 is 0.694 bits per heavy atom. The van der Waals surface area contributed by atoms with E-state index in [0.29, 0.717) is 6.42 Å². The molecule has 4 rings (SSSR count). The summed E-state index contributed by atoms with van der Waals surface area (Å²) in [5, 5.41) is 0. The summed E-state index contributed by atoms with van der Waals surface area (Å²) in [6, 6.07) is 6.73. The van der Waals surface area contributed by atoms with Crippen LogP contribution in [0.2, 0.25) is 0 Å². The summed E-state index contributed by atoms with van der Waals surface area (Å²) >= 11 is 0. The fourth-order valence-corrected chi connectivity index (χ4v) is 4.66. The number of benzene rings is 3. The molecule has 0 radical (unpaired) electrons. The largest absolute Gasteiger partial charge is 0.491 e. The van der Waals surface area contributed by atoms with Crippen LogP contribution in [-0.4, -0.2) is 19.3 Å². The van der Waals surface area contributed by atoms with Gasteiger partial charge < -0.3 is 9.47 Å². The van der Waals surface area contributed by atoms with Gasteiger partial charge in [0.15, 0.2) is 34.8 Å². The molecule has 8 heteroatoms. The van der Waals surface area contributed by atoms with E-state index in [-0.39, 0.29) is 36.5 Å². The maximum absolute atomic E-state index is 15.0. The number of halogens is 6. The van der Waals surface area contributed by atoms with Crippen LogP contribution in [0.5, 0.6) is 5.75 Å². The second-order valence-electron chi connectivity index (χ2n) is 8.81. The van der Waals surface area contributed by atoms with Crippen molar-refractivity contribution in [3.63, 3.8) is 0 Å². The molecule has 0 aliphatic carbocycles. The summed E-state index contributed by atoms with van der Waals surface area (Å²) in [5.74, 6) is -8.93. The normalized spacial score (nSPS) is 17.9. The van der Waals surface area contributed by atoms with Crippen LogP contribution in [0, 0.1) is 34.9 Å². The van der Waals surface area contributed by atoms with Crippen LogP contribution in [0.1, 0.15) is 51.0 Å². The zero-order chi connectivity index (χ0) is 26.0. The van der Waals surface area contributed by atoms with Crippen LogP contribution in [0.15, 0.2) is 36.4 Å². The minimum absolute atomic E-state index is 0.0848. The smallest absolute Gasteiger partial charge is 0.201 e. The van der Waals surface area contributed by atoms with Gasteiger partial charge in [-0.1, -0.05) is 37.6 Å². The Hall–Kier alpha value is -3.00. The number of ether oxygens (including phenoxy) is 2. The highest BCUT2D eigenvalue weighted by atomic mass is 19.2. The van der Waals surface area contributed by atoms with E-state index >= 15 is 13.2 Å². The molecule has 1 aliphatic rings. The molecule has 1 heterocycles. The van der Waals surface area contributed by atoms with Gasteiger partial charge >= 0.3 is 0 Å². The van der Waals surface area contributed by atoms with E-state index in [1.54, 1.807) is 6.92 Å². The standard InChI is InChI=1S/C28H26F6O2/c1-3-5-16-7-6-15(14-36-16)17-8-9-18(24(30)23(17)29)19-10-11-20(26(32)25(19)31)21-12-13-22(35-4-2)28(34)27(21)33/h8-13,15-16H,3-7,14H2,1-2H3. The molecule has 3 aromatic rings. The van der Waals surface area contributed by atoms with E-state index in [4.69, 9.17) is 9.47 Å². The van der Waals surface area contributed by atoms with Crippen molar-refractivity contribution in [2.24, 2.45) is 0 Å². The Balaban J connectivity index is 1.66. The van der Waals surface area contributed by atoms with Crippen molar-refractivity contribution in [2.45, 2.75) is 51.6 Å². The third kappa shape index (κ3) is 4.83. The quantitative estimate of drug-likeness (QED) is 0.299. The van der Waals surface area contributed by atoms with Crippen molar-refractivity contribution >= 4 is 0 Å². The second kappa shape index (κ2) is 10.9. The number of hydrogen-bond donors (Lipinski definition) is 0. The van der Waals surface area contributed by atoms with Gasteiger partial charge in [0, 0.05) is 28.2 Å². The fraction of sp³-hybridized carbons (Fsp3) is 0.357. The maximum atomic E-state index is 15.0. The first-order chi connectivity index (χ1) is 17.3. The van der Waals surface area contributed by atoms with Crippen molar-refractivity contribution in [3.05, 3.63) is 76.9 Å². The minimum atomic E-state index is -1.51. The third-order valence-corrected chi connectivity index (χ3v) is 6.54. The molecule has 2 atom stereocenters. The van der Waals surface area contributed by atoms with Gasteiger partial charge in [-0.25, -0.2) is 22.0 Å². The number of hydrogen-bond acceptors (Lipinski definition) is 2. The summed E-state index contributed by atoms with van der Waals surface area (Å²) in [4.78, 5) is 0. The van der Waals surface area contributed by atoms with Gasteiger partial charge in [-0.15, -0.1) is 0 Å². The lowest BCUT2D eigenvalue weighted by Gasteiger charge is -2.29. The third-order valence-electron chi connectivity index (χ3n) is 6.54. The van der Waals surface area contributed by atoms with E-state index < -0.39 is 57.2 Å². The van der Waals surface area contributed by atoms with Gasteiger partial charge in [-0.3, -0.25) is 0 Å². The van der Waals surface area contributed by atoms with Crippen molar-refractivity contribution in [1.29, 1.82) is 0 Å². The SMILES string of the molecule is CCCC1CCC(c2ccc(-c3ccc(-c4ccc(OCC)c(F)c4F)c(F)c3F)c(F)c2F)CO1. The highest BCUT2D eigenvalue weighted by molar-refractivity contribution is 5.73. The highest BCUT2D eigenvalue weighted by Crippen LogP contribution is 2.38. The zero-order valence-corrected chi connectivity index (χ0v) is 19.9. The van der Waals surface area contributed by atoms with Gasteiger partial charge in [0.05, 0.1) is 19.3 Å². The fourth-order valence-electron chi connectivity index (χ4n) is 4.66. The summed E-state index contributed by atoms with van der Waals surface area (Å²) in [6.45, 7) is 3.97. The average molecular weight is 509 g/mol. The maximum Gasteiger partial charge on any atom is 0.201 e. The van der Waals surface area contributed by atoms with Crippen molar-refractivity contribution < 1.29 is 35.8 Å². The molecule has 0 spiro atoms. The summed E-state index contributed by atoms with van der Waals surface area (Å²) in [6.07, 6.45) is 3.32. The van der Waals surface area contributed by atoms with Crippen molar-refractivity contribution in [1.82, 2.24) is 0 Å². The Morgan fingerprint density at radius 2 is 1.22 bits per heavy atom. The molecule has 1 fully saturated rings. The first-order valence-corrected chi connectivity index (χ1v) is 12.0. The lowest BCUT2D eigenvalue weighted by molar-refractivity contribution is -0.00181.